The molecular formula is C15H17NO3S. The summed E-state index contributed by atoms with van der Waals surface area (Å²) in [7, 11) is 1.76. The molecule has 4 nitrogen and oxygen atoms in total. The molecule has 2 rings (SSSR count). The van der Waals surface area contributed by atoms with Gasteiger partial charge < -0.3 is 14.4 Å². The van der Waals surface area contributed by atoms with Crippen LogP contribution in [0.5, 0.6) is 0 Å². The van der Waals surface area contributed by atoms with Gasteiger partial charge in [-0.2, -0.15) is 0 Å². The number of hydrogen-bond donors (Lipinski definition) is 1. The molecule has 0 aliphatic heterocycles. The molecule has 1 amide bonds. The van der Waals surface area contributed by atoms with Crippen LogP contribution >= 0.6 is 11.8 Å². The number of aliphatic hydroxyl groups excluding tert-OH is 1. The van der Waals surface area contributed by atoms with Gasteiger partial charge in [0.05, 0.1) is 25.2 Å². The highest BCUT2D eigenvalue weighted by molar-refractivity contribution is 8.00. The maximum Gasteiger partial charge on any atom is 0.233 e. The van der Waals surface area contributed by atoms with E-state index in [-0.39, 0.29) is 12.5 Å². The zero-order chi connectivity index (χ0) is 14.4. The minimum absolute atomic E-state index is 0.0375. The Labute approximate surface area is 122 Å². The summed E-state index contributed by atoms with van der Waals surface area (Å²) in [5, 5.41) is 8.97. The number of hydrogen-bond acceptors (Lipinski definition) is 4. The molecule has 1 heterocycles. The monoisotopic (exact) mass is 291 g/mol. The Morgan fingerprint density at radius 3 is 2.65 bits per heavy atom. The first-order chi connectivity index (χ1) is 9.69. The minimum atomic E-state index is 0.0375. The summed E-state index contributed by atoms with van der Waals surface area (Å²) in [6, 6.07) is 11.2. The Kier molecular flexibility index (Phi) is 5.26. The van der Waals surface area contributed by atoms with Crippen molar-refractivity contribution in [2.45, 2.75) is 18.0 Å². The molecule has 0 fully saturated rings. The summed E-state index contributed by atoms with van der Waals surface area (Å²) < 4.78 is 5.22. The summed E-state index contributed by atoms with van der Waals surface area (Å²) in [6.07, 6.45) is 1.60. The Morgan fingerprint density at radius 1 is 1.30 bits per heavy atom. The van der Waals surface area contributed by atoms with E-state index in [1.165, 1.54) is 11.8 Å². The van der Waals surface area contributed by atoms with Crippen LogP contribution in [0.25, 0.3) is 0 Å². The first-order valence-corrected chi connectivity index (χ1v) is 7.26. The van der Waals surface area contributed by atoms with E-state index in [1.54, 1.807) is 18.2 Å². The smallest absolute Gasteiger partial charge is 0.233 e. The van der Waals surface area contributed by atoms with Gasteiger partial charge in [-0.3, -0.25) is 4.79 Å². The number of nitrogens with zero attached hydrogens (tertiary/aromatic N) is 1. The summed E-state index contributed by atoms with van der Waals surface area (Å²) >= 11 is 1.49. The van der Waals surface area contributed by atoms with Gasteiger partial charge in [-0.15, -0.1) is 11.8 Å². The Hall–Kier alpha value is -1.72. The minimum Gasteiger partial charge on any atom is -0.467 e. The fourth-order valence-corrected chi connectivity index (χ4v) is 2.51. The predicted octanol–water partition coefficient (Wildman–Crippen LogP) is 2.52. The lowest BCUT2D eigenvalue weighted by molar-refractivity contribution is -0.127. The van der Waals surface area contributed by atoms with E-state index in [9.17, 15) is 4.79 Å². The molecule has 0 spiro atoms. The number of aliphatic hydroxyl groups is 1. The predicted molar refractivity (Wildman–Crippen MR) is 78.3 cm³/mol. The summed E-state index contributed by atoms with van der Waals surface area (Å²) in [5.41, 5.74) is 0.871. The second-order valence-electron chi connectivity index (χ2n) is 4.42. The average Bonchev–Trinajstić information content (AvgIpc) is 2.98. The first kappa shape index (κ1) is 14.7. The van der Waals surface area contributed by atoms with Crippen LogP contribution in [0, 0.1) is 0 Å². The van der Waals surface area contributed by atoms with E-state index < -0.39 is 0 Å². The van der Waals surface area contributed by atoms with Gasteiger partial charge >= 0.3 is 0 Å². The third-order valence-corrected chi connectivity index (χ3v) is 3.86. The van der Waals surface area contributed by atoms with Gasteiger partial charge in [0.1, 0.15) is 5.76 Å². The van der Waals surface area contributed by atoms with Crippen LogP contribution in [0.4, 0.5) is 0 Å². The lowest BCUT2D eigenvalue weighted by atomic mass is 10.2. The van der Waals surface area contributed by atoms with Gasteiger partial charge in [0, 0.05) is 11.9 Å². The van der Waals surface area contributed by atoms with Crippen LogP contribution in [-0.4, -0.2) is 28.7 Å². The van der Waals surface area contributed by atoms with Gasteiger partial charge in [-0.1, -0.05) is 12.1 Å². The molecule has 20 heavy (non-hydrogen) atoms. The fourth-order valence-electron chi connectivity index (χ4n) is 1.67. The molecule has 0 radical (unpaired) electrons. The highest BCUT2D eigenvalue weighted by Crippen LogP contribution is 2.19. The number of rotatable bonds is 6. The molecule has 1 aromatic carbocycles. The van der Waals surface area contributed by atoms with E-state index in [4.69, 9.17) is 9.52 Å². The number of thioether (sulfide) groups is 1. The molecule has 0 aliphatic rings. The van der Waals surface area contributed by atoms with Crippen molar-refractivity contribution < 1.29 is 14.3 Å². The number of amides is 1. The first-order valence-electron chi connectivity index (χ1n) is 6.28. The standard InChI is InChI=1S/C15H17NO3S/c1-16(9-13-3-2-8-19-13)15(18)11-20-14-6-4-12(10-17)5-7-14/h2-8,17H,9-11H2,1H3. The quantitative estimate of drug-likeness (QED) is 0.831. The molecule has 0 saturated heterocycles. The van der Waals surface area contributed by atoms with E-state index in [0.717, 1.165) is 16.2 Å². The van der Waals surface area contributed by atoms with Crippen LogP contribution in [0.3, 0.4) is 0 Å². The van der Waals surface area contributed by atoms with Crippen molar-refractivity contribution in [3.8, 4) is 0 Å². The molecule has 106 valence electrons. The average molecular weight is 291 g/mol. The van der Waals surface area contributed by atoms with E-state index in [1.807, 2.05) is 36.4 Å². The SMILES string of the molecule is CN(Cc1ccco1)C(=O)CSc1ccc(CO)cc1. The third kappa shape index (κ3) is 4.15. The molecule has 0 atom stereocenters. The van der Waals surface area contributed by atoms with Gasteiger partial charge in [0.2, 0.25) is 5.91 Å². The molecule has 0 bridgehead atoms. The second-order valence-corrected chi connectivity index (χ2v) is 5.47. The summed E-state index contributed by atoms with van der Waals surface area (Å²) in [4.78, 5) is 14.7. The lowest BCUT2D eigenvalue weighted by Gasteiger charge is -2.15. The number of furan rings is 1. The summed E-state index contributed by atoms with van der Waals surface area (Å²) in [5.74, 6) is 1.21. The maximum absolute atomic E-state index is 12.0. The number of carbonyl (C=O) groups excluding carboxylic acids is 1. The normalized spacial score (nSPS) is 10.5. The maximum atomic E-state index is 12.0. The number of benzene rings is 1. The Balaban J connectivity index is 1.81. The van der Waals surface area contributed by atoms with Gasteiger partial charge in [-0.25, -0.2) is 0 Å². The molecule has 5 heteroatoms. The van der Waals surface area contributed by atoms with Crippen molar-refractivity contribution >= 4 is 17.7 Å². The van der Waals surface area contributed by atoms with Crippen molar-refractivity contribution in [3.63, 3.8) is 0 Å². The van der Waals surface area contributed by atoms with E-state index in [0.29, 0.717) is 12.3 Å². The highest BCUT2D eigenvalue weighted by Gasteiger charge is 2.11. The summed E-state index contributed by atoms with van der Waals surface area (Å²) in [6.45, 7) is 0.519. The van der Waals surface area contributed by atoms with Crippen molar-refractivity contribution in [2.75, 3.05) is 12.8 Å². The van der Waals surface area contributed by atoms with E-state index in [2.05, 4.69) is 0 Å². The molecule has 1 aromatic heterocycles. The molecule has 0 unspecified atom stereocenters. The van der Waals surface area contributed by atoms with Crippen molar-refractivity contribution in [1.29, 1.82) is 0 Å². The lowest BCUT2D eigenvalue weighted by Crippen LogP contribution is -2.27. The third-order valence-electron chi connectivity index (χ3n) is 2.87. The Morgan fingerprint density at radius 2 is 2.05 bits per heavy atom. The highest BCUT2D eigenvalue weighted by atomic mass is 32.2. The van der Waals surface area contributed by atoms with Gasteiger partial charge in [-0.05, 0) is 29.8 Å². The largest absolute Gasteiger partial charge is 0.467 e. The van der Waals surface area contributed by atoms with Crippen LogP contribution in [-0.2, 0) is 17.9 Å². The van der Waals surface area contributed by atoms with Crippen LogP contribution < -0.4 is 0 Å². The number of carbonyl (C=O) groups is 1. The van der Waals surface area contributed by atoms with Crippen molar-refractivity contribution in [1.82, 2.24) is 4.90 Å². The van der Waals surface area contributed by atoms with E-state index >= 15 is 0 Å². The molecule has 0 saturated carbocycles. The van der Waals surface area contributed by atoms with Gasteiger partial charge in [0.15, 0.2) is 0 Å². The van der Waals surface area contributed by atoms with Crippen molar-refractivity contribution in [2.24, 2.45) is 0 Å². The van der Waals surface area contributed by atoms with Crippen LogP contribution in [0.2, 0.25) is 0 Å². The zero-order valence-electron chi connectivity index (χ0n) is 11.3. The van der Waals surface area contributed by atoms with Crippen LogP contribution in [0.1, 0.15) is 11.3 Å². The van der Waals surface area contributed by atoms with Crippen molar-refractivity contribution in [3.05, 3.63) is 54.0 Å². The zero-order valence-corrected chi connectivity index (χ0v) is 12.1. The second kappa shape index (κ2) is 7.17. The molecular weight excluding hydrogens is 274 g/mol. The Bertz CT molecular complexity index is 537. The topological polar surface area (TPSA) is 53.7 Å². The molecule has 0 aliphatic carbocycles. The van der Waals surface area contributed by atoms with Crippen LogP contribution in [0.15, 0.2) is 52.0 Å². The molecule has 1 N–H and O–H groups in total. The van der Waals surface area contributed by atoms with Gasteiger partial charge in [0.25, 0.3) is 0 Å². The fraction of sp³-hybridized carbons (Fsp3) is 0.267. The molecule has 2 aromatic rings.